The molecule has 0 saturated heterocycles. The lowest BCUT2D eigenvalue weighted by atomic mass is 10.2. The second-order valence-electron chi connectivity index (χ2n) is 4.20. The van der Waals surface area contributed by atoms with Gasteiger partial charge in [-0.05, 0) is 51.8 Å². The van der Waals surface area contributed by atoms with Gasteiger partial charge in [-0.2, -0.15) is 0 Å². The Balaban J connectivity index is 2.09. The van der Waals surface area contributed by atoms with Crippen molar-refractivity contribution in [2.75, 3.05) is 5.32 Å². The molecule has 2 rings (SSSR count). The molecule has 0 atom stereocenters. The van der Waals surface area contributed by atoms with E-state index in [0.29, 0.717) is 21.6 Å². The predicted molar refractivity (Wildman–Crippen MR) is 83.1 cm³/mol. The van der Waals surface area contributed by atoms with Crippen molar-refractivity contribution in [2.45, 2.75) is 6.54 Å². The predicted octanol–water partition coefficient (Wildman–Crippen LogP) is 3.52. The van der Waals surface area contributed by atoms with Gasteiger partial charge in [0, 0.05) is 12.2 Å². The number of hydrogen-bond donors (Lipinski definition) is 3. The van der Waals surface area contributed by atoms with Crippen LogP contribution < -0.4 is 11.1 Å². The lowest BCUT2D eigenvalue weighted by Gasteiger charge is -2.09. The van der Waals surface area contributed by atoms with E-state index in [-0.39, 0.29) is 5.75 Å². The van der Waals surface area contributed by atoms with E-state index >= 15 is 0 Å². The zero-order valence-corrected chi connectivity index (χ0v) is 12.7. The monoisotopic (exact) mass is 354 g/mol. The lowest BCUT2D eigenvalue weighted by Crippen LogP contribution is -2.11. The molecule has 0 saturated carbocycles. The molecule has 0 unspecified atom stereocenters. The van der Waals surface area contributed by atoms with Gasteiger partial charge in [0.25, 0.3) is 0 Å². The highest BCUT2D eigenvalue weighted by Crippen LogP contribution is 2.25. The molecule has 2 aromatic rings. The molecule has 4 N–H and O–H groups in total. The zero-order chi connectivity index (χ0) is 14.7. The maximum Gasteiger partial charge on any atom is 0.250 e. The molecule has 0 aromatic heterocycles. The molecule has 0 bridgehead atoms. The van der Waals surface area contributed by atoms with Crippen LogP contribution >= 0.6 is 27.5 Å². The molecule has 6 heteroatoms. The van der Waals surface area contributed by atoms with E-state index in [1.54, 1.807) is 24.3 Å². The summed E-state index contributed by atoms with van der Waals surface area (Å²) in [6.45, 7) is 0.561. The number of rotatable bonds is 4. The highest BCUT2D eigenvalue weighted by Gasteiger charge is 2.07. The summed E-state index contributed by atoms with van der Waals surface area (Å²) in [6, 6.07) is 10.2. The first-order chi connectivity index (χ1) is 9.47. The number of halogens is 2. The van der Waals surface area contributed by atoms with Gasteiger partial charge in [0.05, 0.1) is 15.1 Å². The summed E-state index contributed by atoms with van der Waals surface area (Å²) in [5, 5.41) is 12.9. The summed E-state index contributed by atoms with van der Waals surface area (Å²) in [5.41, 5.74) is 7.26. The number of hydrogen-bond acceptors (Lipinski definition) is 3. The Hall–Kier alpha value is -1.72. The van der Waals surface area contributed by atoms with Crippen LogP contribution in [0.1, 0.15) is 15.9 Å². The number of nitrogens with one attached hydrogen (secondary N) is 1. The van der Waals surface area contributed by atoms with Crippen LogP contribution in [0.3, 0.4) is 0 Å². The van der Waals surface area contributed by atoms with Crippen LogP contribution in [0.5, 0.6) is 5.75 Å². The molecule has 0 aliphatic rings. The van der Waals surface area contributed by atoms with Crippen molar-refractivity contribution in [1.29, 1.82) is 0 Å². The van der Waals surface area contributed by atoms with Crippen molar-refractivity contribution in [3.8, 4) is 5.75 Å². The minimum Gasteiger partial charge on any atom is -0.507 e. The number of amides is 1. The van der Waals surface area contributed by atoms with E-state index < -0.39 is 5.91 Å². The van der Waals surface area contributed by atoms with Gasteiger partial charge < -0.3 is 16.2 Å². The van der Waals surface area contributed by atoms with Crippen molar-refractivity contribution in [3.05, 3.63) is 57.0 Å². The number of carbonyl (C=O) groups excluding carboxylic acids is 1. The molecule has 0 heterocycles. The Morgan fingerprint density at radius 1 is 1.30 bits per heavy atom. The standard InChI is InChI=1S/C14H12BrClN2O2/c15-11-5-8(1-4-13(11)19)7-18-9-2-3-10(14(17)20)12(16)6-9/h1-6,18-19H,7H2,(H2,17,20). The van der Waals surface area contributed by atoms with Crippen LogP contribution in [0.2, 0.25) is 5.02 Å². The van der Waals surface area contributed by atoms with Gasteiger partial charge in [0.15, 0.2) is 0 Å². The summed E-state index contributed by atoms with van der Waals surface area (Å²) in [5.74, 6) is -0.355. The highest BCUT2D eigenvalue weighted by molar-refractivity contribution is 9.10. The summed E-state index contributed by atoms with van der Waals surface area (Å²) in [6.07, 6.45) is 0. The van der Waals surface area contributed by atoms with Gasteiger partial charge in [-0.25, -0.2) is 0 Å². The van der Waals surface area contributed by atoms with Gasteiger partial charge >= 0.3 is 0 Å². The fraction of sp³-hybridized carbons (Fsp3) is 0.0714. The third-order valence-electron chi connectivity index (χ3n) is 2.74. The molecule has 1 amide bonds. The number of carbonyl (C=O) groups is 1. The van der Waals surface area contributed by atoms with Crippen molar-refractivity contribution in [2.24, 2.45) is 5.73 Å². The van der Waals surface area contributed by atoms with Crippen LogP contribution in [0, 0.1) is 0 Å². The lowest BCUT2D eigenvalue weighted by molar-refractivity contribution is 0.100. The quantitative estimate of drug-likeness (QED) is 0.785. The van der Waals surface area contributed by atoms with E-state index in [9.17, 15) is 9.90 Å². The van der Waals surface area contributed by atoms with Gasteiger partial charge in [-0.3, -0.25) is 4.79 Å². The molecule has 0 aliphatic heterocycles. The Kier molecular flexibility index (Phi) is 4.52. The topological polar surface area (TPSA) is 75.4 Å². The Bertz CT molecular complexity index is 662. The van der Waals surface area contributed by atoms with Crippen molar-refractivity contribution in [3.63, 3.8) is 0 Å². The van der Waals surface area contributed by atoms with Gasteiger partial charge in [0.1, 0.15) is 5.75 Å². The molecule has 104 valence electrons. The average molecular weight is 356 g/mol. The maximum absolute atomic E-state index is 11.1. The van der Waals surface area contributed by atoms with E-state index in [1.807, 2.05) is 12.1 Å². The largest absolute Gasteiger partial charge is 0.507 e. The number of nitrogens with two attached hydrogens (primary N) is 1. The van der Waals surface area contributed by atoms with E-state index in [1.165, 1.54) is 0 Å². The average Bonchev–Trinajstić information content (AvgIpc) is 2.40. The zero-order valence-electron chi connectivity index (χ0n) is 10.4. The minimum absolute atomic E-state index is 0.197. The molecule has 0 radical (unpaired) electrons. The fourth-order valence-corrected chi connectivity index (χ4v) is 2.39. The number of phenols is 1. The van der Waals surface area contributed by atoms with Crippen LogP contribution in [-0.2, 0) is 6.54 Å². The molecule has 0 spiro atoms. The van der Waals surface area contributed by atoms with Gasteiger partial charge in [0.2, 0.25) is 5.91 Å². The second-order valence-corrected chi connectivity index (χ2v) is 5.46. The number of benzene rings is 2. The van der Waals surface area contributed by atoms with Crippen molar-refractivity contribution >= 4 is 39.1 Å². The van der Waals surface area contributed by atoms with E-state index in [4.69, 9.17) is 17.3 Å². The summed E-state index contributed by atoms with van der Waals surface area (Å²) >= 11 is 9.23. The van der Waals surface area contributed by atoms with Crippen LogP contribution in [0.25, 0.3) is 0 Å². The van der Waals surface area contributed by atoms with E-state index in [0.717, 1.165) is 11.3 Å². The van der Waals surface area contributed by atoms with Crippen LogP contribution in [-0.4, -0.2) is 11.0 Å². The van der Waals surface area contributed by atoms with E-state index in [2.05, 4.69) is 21.2 Å². The Morgan fingerprint density at radius 3 is 2.65 bits per heavy atom. The molecular weight excluding hydrogens is 344 g/mol. The third kappa shape index (κ3) is 3.43. The van der Waals surface area contributed by atoms with Gasteiger partial charge in [-0.1, -0.05) is 17.7 Å². The van der Waals surface area contributed by atoms with Crippen LogP contribution in [0.15, 0.2) is 40.9 Å². The Labute approximate surface area is 129 Å². The van der Waals surface area contributed by atoms with Crippen molar-refractivity contribution < 1.29 is 9.90 Å². The third-order valence-corrected chi connectivity index (χ3v) is 3.69. The highest BCUT2D eigenvalue weighted by atomic mass is 79.9. The first-order valence-corrected chi connectivity index (χ1v) is 6.95. The molecule has 4 nitrogen and oxygen atoms in total. The summed E-state index contributed by atoms with van der Waals surface area (Å²) in [7, 11) is 0. The second kappa shape index (κ2) is 6.15. The normalized spacial score (nSPS) is 10.3. The van der Waals surface area contributed by atoms with Crippen molar-refractivity contribution in [1.82, 2.24) is 0 Å². The number of primary amides is 1. The SMILES string of the molecule is NC(=O)c1ccc(NCc2ccc(O)c(Br)c2)cc1Cl. The summed E-state index contributed by atoms with van der Waals surface area (Å²) in [4.78, 5) is 11.1. The maximum atomic E-state index is 11.1. The first-order valence-electron chi connectivity index (χ1n) is 5.78. The molecule has 0 aliphatic carbocycles. The Morgan fingerprint density at radius 2 is 2.05 bits per heavy atom. The number of phenolic OH excluding ortho intramolecular Hbond substituents is 1. The minimum atomic E-state index is -0.552. The van der Waals surface area contributed by atoms with Crippen LogP contribution in [0.4, 0.5) is 5.69 Å². The first kappa shape index (κ1) is 14.7. The fourth-order valence-electron chi connectivity index (χ4n) is 1.69. The smallest absolute Gasteiger partial charge is 0.250 e. The summed E-state index contributed by atoms with van der Waals surface area (Å²) < 4.78 is 0.638. The molecule has 20 heavy (non-hydrogen) atoms. The number of aromatic hydroxyl groups is 1. The molecular formula is C14H12BrClN2O2. The number of anilines is 1. The molecule has 2 aromatic carbocycles. The molecule has 0 fully saturated rings. The van der Waals surface area contributed by atoms with Gasteiger partial charge in [-0.15, -0.1) is 0 Å².